The third kappa shape index (κ3) is 2.30. The number of ether oxygens (including phenoxy) is 1. The van der Waals surface area contributed by atoms with Crippen molar-refractivity contribution in [1.29, 1.82) is 0 Å². The molecule has 3 rings (SSSR count). The summed E-state index contributed by atoms with van der Waals surface area (Å²) < 4.78 is 5.52. The Morgan fingerprint density at radius 3 is 2.53 bits per heavy atom. The van der Waals surface area contributed by atoms with E-state index in [1.54, 1.807) is 7.11 Å². The molecule has 0 aliphatic carbocycles. The van der Waals surface area contributed by atoms with Crippen LogP contribution >= 0.6 is 11.6 Å². The fourth-order valence-corrected chi connectivity index (χ4v) is 3.84. The zero-order chi connectivity index (χ0) is 13.4. The molecule has 1 N–H and O–H groups in total. The van der Waals surface area contributed by atoms with Crippen LogP contribution in [0, 0.1) is 0 Å². The number of piperidine rings is 1. The number of nitrogens with zero attached hydrogens (tertiary/aromatic N) is 1. The number of anilines is 1. The van der Waals surface area contributed by atoms with Crippen molar-refractivity contribution in [2.75, 3.05) is 19.1 Å². The van der Waals surface area contributed by atoms with Gasteiger partial charge in [-0.1, -0.05) is 11.6 Å². The molecule has 2 aliphatic rings. The van der Waals surface area contributed by atoms with Gasteiger partial charge >= 0.3 is 0 Å². The summed E-state index contributed by atoms with van der Waals surface area (Å²) in [5, 5.41) is 4.22. The maximum absolute atomic E-state index is 6.17. The van der Waals surface area contributed by atoms with Crippen molar-refractivity contribution < 1.29 is 4.74 Å². The van der Waals surface area contributed by atoms with Crippen LogP contribution in [0.15, 0.2) is 18.2 Å². The van der Waals surface area contributed by atoms with Gasteiger partial charge in [0.25, 0.3) is 0 Å². The summed E-state index contributed by atoms with van der Waals surface area (Å²) in [5.41, 5.74) is 1.16. The van der Waals surface area contributed by atoms with E-state index < -0.39 is 0 Å². The SMILES string of the molecule is CNC1CC2CCC(C1)N2c1cc(Cl)ccc1OC. The number of rotatable bonds is 3. The normalized spacial score (nSPS) is 29.6. The van der Waals surface area contributed by atoms with Gasteiger partial charge in [-0.05, 0) is 50.9 Å². The lowest BCUT2D eigenvalue weighted by molar-refractivity contribution is 0.365. The van der Waals surface area contributed by atoms with E-state index in [4.69, 9.17) is 16.3 Å². The first kappa shape index (κ1) is 13.1. The second-order valence-electron chi connectivity index (χ2n) is 5.57. The highest BCUT2D eigenvalue weighted by molar-refractivity contribution is 6.30. The number of nitrogens with one attached hydrogen (secondary N) is 1. The third-order valence-corrected chi connectivity index (χ3v) is 4.80. The van der Waals surface area contributed by atoms with Crippen LogP contribution in [0.2, 0.25) is 5.02 Å². The topological polar surface area (TPSA) is 24.5 Å². The summed E-state index contributed by atoms with van der Waals surface area (Å²) >= 11 is 6.17. The average Bonchev–Trinajstić information content (AvgIpc) is 2.68. The van der Waals surface area contributed by atoms with Crippen molar-refractivity contribution in [2.24, 2.45) is 0 Å². The molecule has 2 fully saturated rings. The molecule has 0 radical (unpaired) electrons. The maximum Gasteiger partial charge on any atom is 0.142 e. The second kappa shape index (κ2) is 5.22. The van der Waals surface area contributed by atoms with Gasteiger partial charge in [0.15, 0.2) is 0 Å². The molecule has 2 bridgehead atoms. The van der Waals surface area contributed by atoms with Crippen LogP contribution in [0.5, 0.6) is 5.75 Å². The van der Waals surface area contributed by atoms with Crippen molar-refractivity contribution in [3.8, 4) is 5.75 Å². The van der Waals surface area contributed by atoms with Gasteiger partial charge in [0.05, 0.1) is 12.8 Å². The fraction of sp³-hybridized carbons (Fsp3) is 0.600. The fourth-order valence-electron chi connectivity index (χ4n) is 3.67. The van der Waals surface area contributed by atoms with Crippen LogP contribution in [0.3, 0.4) is 0 Å². The number of benzene rings is 1. The Balaban J connectivity index is 1.93. The predicted molar refractivity (Wildman–Crippen MR) is 79.4 cm³/mol. The lowest BCUT2D eigenvalue weighted by Crippen LogP contribution is -2.48. The predicted octanol–water partition coefficient (Wildman–Crippen LogP) is 3.07. The van der Waals surface area contributed by atoms with Gasteiger partial charge in [0, 0.05) is 23.1 Å². The van der Waals surface area contributed by atoms with E-state index in [0.29, 0.717) is 18.1 Å². The van der Waals surface area contributed by atoms with Crippen molar-refractivity contribution in [3.05, 3.63) is 23.2 Å². The van der Waals surface area contributed by atoms with Crippen LogP contribution < -0.4 is 15.0 Å². The molecule has 0 spiro atoms. The van der Waals surface area contributed by atoms with Crippen LogP contribution in [-0.4, -0.2) is 32.3 Å². The van der Waals surface area contributed by atoms with Crippen LogP contribution in [0.1, 0.15) is 25.7 Å². The summed E-state index contributed by atoms with van der Waals surface area (Å²) in [5.74, 6) is 0.934. The van der Waals surface area contributed by atoms with Crippen molar-refractivity contribution >= 4 is 17.3 Å². The van der Waals surface area contributed by atoms with Crippen molar-refractivity contribution in [3.63, 3.8) is 0 Å². The van der Waals surface area contributed by atoms with E-state index in [2.05, 4.69) is 17.3 Å². The van der Waals surface area contributed by atoms with Gasteiger partial charge in [-0.3, -0.25) is 0 Å². The molecule has 0 saturated carbocycles. The van der Waals surface area contributed by atoms with Gasteiger partial charge < -0.3 is 15.0 Å². The van der Waals surface area contributed by atoms with E-state index in [-0.39, 0.29) is 0 Å². The Morgan fingerprint density at radius 2 is 1.95 bits per heavy atom. The lowest BCUT2D eigenvalue weighted by atomic mass is 9.96. The van der Waals surface area contributed by atoms with E-state index in [1.807, 2.05) is 18.2 Å². The molecule has 19 heavy (non-hydrogen) atoms. The van der Waals surface area contributed by atoms with E-state index in [1.165, 1.54) is 25.7 Å². The lowest BCUT2D eigenvalue weighted by Gasteiger charge is -2.41. The molecule has 1 aromatic carbocycles. The minimum atomic E-state index is 0.614. The first-order valence-corrected chi connectivity index (χ1v) is 7.40. The number of halogens is 1. The molecule has 2 aliphatic heterocycles. The summed E-state index contributed by atoms with van der Waals surface area (Å²) in [6.07, 6.45) is 4.97. The van der Waals surface area contributed by atoms with Gasteiger partial charge in [-0.2, -0.15) is 0 Å². The quantitative estimate of drug-likeness (QED) is 0.921. The Morgan fingerprint density at radius 1 is 1.26 bits per heavy atom. The van der Waals surface area contributed by atoms with E-state index >= 15 is 0 Å². The summed E-state index contributed by atoms with van der Waals surface area (Å²) in [6, 6.07) is 7.80. The molecule has 2 unspecified atom stereocenters. The molecule has 2 heterocycles. The minimum Gasteiger partial charge on any atom is -0.495 e. The highest BCUT2D eigenvalue weighted by Gasteiger charge is 2.41. The zero-order valence-electron chi connectivity index (χ0n) is 11.5. The first-order chi connectivity index (χ1) is 9.22. The Hall–Kier alpha value is -0.930. The van der Waals surface area contributed by atoms with Crippen molar-refractivity contribution in [2.45, 2.75) is 43.8 Å². The summed E-state index contributed by atoms with van der Waals surface area (Å²) in [7, 11) is 3.80. The van der Waals surface area contributed by atoms with Gasteiger partial charge in [0.2, 0.25) is 0 Å². The first-order valence-electron chi connectivity index (χ1n) is 7.02. The molecule has 3 nitrogen and oxygen atoms in total. The molecule has 4 heteroatoms. The van der Waals surface area contributed by atoms with E-state index in [9.17, 15) is 0 Å². The molecular weight excluding hydrogens is 260 g/mol. The molecule has 2 atom stereocenters. The van der Waals surface area contributed by atoms with Crippen LogP contribution in [0.25, 0.3) is 0 Å². The standard InChI is InChI=1S/C15H21ClN2O/c1-17-11-8-12-4-5-13(9-11)18(12)14-7-10(16)3-6-15(14)19-2/h3,6-7,11-13,17H,4-5,8-9H2,1-2H3. The zero-order valence-corrected chi connectivity index (χ0v) is 12.3. The Bertz CT molecular complexity index is 451. The molecule has 0 aromatic heterocycles. The molecule has 104 valence electrons. The molecule has 1 aromatic rings. The van der Waals surface area contributed by atoms with Gasteiger partial charge in [-0.25, -0.2) is 0 Å². The van der Waals surface area contributed by atoms with Gasteiger partial charge in [0.1, 0.15) is 5.75 Å². The number of hydrogen-bond acceptors (Lipinski definition) is 3. The summed E-state index contributed by atoms with van der Waals surface area (Å²) in [6.45, 7) is 0. The maximum atomic E-state index is 6.17. The van der Waals surface area contributed by atoms with Crippen LogP contribution in [0.4, 0.5) is 5.69 Å². The minimum absolute atomic E-state index is 0.614. The number of hydrogen-bond donors (Lipinski definition) is 1. The average molecular weight is 281 g/mol. The van der Waals surface area contributed by atoms with Gasteiger partial charge in [-0.15, -0.1) is 0 Å². The monoisotopic (exact) mass is 280 g/mol. The third-order valence-electron chi connectivity index (χ3n) is 4.56. The Kier molecular flexibility index (Phi) is 3.59. The Labute approximate surface area is 119 Å². The number of fused-ring (bicyclic) bond motifs is 2. The largest absolute Gasteiger partial charge is 0.495 e. The summed E-state index contributed by atoms with van der Waals surface area (Å²) in [4.78, 5) is 2.54. The smallest absolute Gasteiger partial charge is 0.142 e. The highest BCUT2D eigenvalue weighted by atomic mass is 35.5. The number of methoxy groups -OCH3 is 1. The second-order valence-corrected chi connectivity index (χ2v) is 6.00. The van der Waals surface area contributed by atoms with Crippen molar-refractivity contribution in [1.82, 2.24) is 5.32 Å². The molecule has 0 amide bonds. The molecule has 2 saturated heterocycles. The highest BCUT2D eigenvalue weighted by Crippen LogP contribution is 2.43. The van der Waals surface area contributed by atoms with E-state index in [0.717, 1.165) is 16.5 Å². The molecular formula is C15H21ClN2O. The van der Waals surface area contributed by atoms with Crippen LogP contribution in [-0.2, 0) is 0 Å².